The van der Waals surface area contributed by atoms with Crippen molar-refractivity contribution in [2.75, 3.05) is 13.2 Å². The van der Waals surface area contributed by atoms with Crippen LogP contribution in [0.4, 0.5) is 0 Å². The van der Waals surface area contributed by atoms with Crippen LogP contribution in [0.15, 0.2) is 12.2 Å². The molecule has 0 aliphatic rings. The van der Waals surface area contributed by atoms with Crippen molar-refractivity contribution >= 4 is 11.9 Å². The molecular weight excluding hydrogens is 1070 g/mol. The topological polar surface area (TPSA) is 95.9 Å². The van der Waals surface area contributed by atoms with E-state index in [4.69, 9.17) is 4.74 Å². The first kappa shape index (κ1) is 85.6. The first-order valence-electron chi connectivity index (χ1n) is 40.5. The molecule has 0 saturated heterocycles. The zero-order valence-corrected chi connectivity index (χ0v) is 59.5. The van der Waals surface area contributed by atoms with Gasteiger partial charge in [-0.1, -0.05) is 437 Å². The fourth-order valence-electron chi connectivity index (χ4n) is 13.2. The number of hydrogen-bond acceptors (Lipinski definition) is 5. The Kier molecular flexibility index (Phi) is 75.8. The normalized spacial score (nSPS) is 12.5. The average Bonchev–Trinajstić information content (AvgIpc) is 3.58. The minimum Gasteiger partial charge on any atom is -0.466 e. The molecule has 6 nitrogen and oxygen atoms in total. The quantitative estimate of drug-likeness (QED) is 0.0320. The van der Waals surface area contributed by atoms with Crippen LogP contribution in [0.1, 0.15) is 470 Å². The summed E-state index contributed by atoms with van der Waals surface area (Å²) >= 11 is 0. The lowest BCUT2D eigenvalue weighted by molar-refractivity contribution is -0.143. The van der Waals surface area contributed by atoms with Gasteiger partial charge >= 0.3 is 5.97 Å². The van der Waals surface area contributed by atoms with E-state index in [0.29, 0.717) is 19.4 Å². The Labute approximate surface area is 546 Å². The maximum atomic E-state index is 12.5. The third-order valence-electron chi connectivity index (χ3n) is 19.3. The molecule has 0 spiro atoms. The molecule has 0 heterocycles. The van der Waals surface area contributed by atoms with Crippen LogP contribution in [0.5, 0.6) is 0 Å². The van der Waals surface area contributed by atoms with Gasteiger partial charge in [-0.15, -0.1) is 0 Å². The van der Waals surface area contributed by atoms with E-state index in [0.717, 1.165) is 38.5 Å². The van der Waals surface area contributed by atoms with E-state index in [1.807, 2.05) is 6.08 Å². The molecule has 518 valence electrons. The number of carbonyl (C=O) groups is 2. The van der Waals surface area contributed by atoms with Crippen molar-refractivity contribution < 1.29 is 24.5 Å². The van der Waals surface area contributed by atoms with Gasteiger partial charge in [0.25, 0.3) is 0 Å². The molecule has 2 unspecified atom stereocenters. The number of allylic oxidation sites excluding steroid dienone is 1. The molecular formula is C81H159NO5. The summed E-state index contributed by atoms with van der Waals surface area (Å²) in [5, 5.41) is 23.3. The summed E-state index contributed by atoms with van der Waals surface area (Å²) in [4.78, 5) is 24.7. The molecule has 3 N–H and O–H groups in total. The van der Waals surface area contributed by atoms with Crippen molar-refractivity contribution in [3.63, 3.8) is 0 Å². The summed E-state index contributed by atoms with van der Waals surface area (Å²) in [5.41, 5.74) is 0. The van der Waals surface area contributed by atoms with E-state index in [1.165, 1.54) is 405 Å². The lowest BCUT2D eigenvalue weighted by Gasteiger charge is -2.20. The van der Waals surface area contributed by atoms with Crippen molar-refractivity contribution in [2.45, 2.75) is 482 Å². The number of hydrogen-bond donors (Lipinski definition) is 3. The number of aliphatic hydroxyl groups is 2. The van der Waals surface area contributed by atoms with Crippen LogP contribution in [0, 0.1) is 0 Å². The Balaban J connectivity index is 3.33. The highest BCUT2D eigenvalue weighted by Gasteiger charge is 2.18. The molecule has 0 aromatic rings. The summed E-state index contributed by atoms with van der Waals surface area (Å²) in [6.07, 6.45) is 97.7. The van der Waals surface area contributed by atoms with Gasteiger partial charge in [0.15, 0.2) is 0 Å². The van der Waals surface area contributed by atoms with Crippen molar-refractivity contribution in [3.8, 4) is 0 Å². The molecule has 0 aromatic heterocycles. The fraction of sp³-hybridized carbons (Fsp3) is 0.951. The largest absolute Gasteiger partial charge is 0.466 e. The number of ether oxygens (including phenoxy) is 1. The standard InChI is InChI=1S/C81H159NO5/c1-3-5-7-9-11-13-15-17-19-21-22-35-38-42-45-49-53-57-61-65-69-73-79(84)78(77-83)82-80(85)74-70-66-62-58-54-50-46-43-39-36-33-31-29-27-25-23-24-26-28-30-32-34-37-40-44-48-52-56-60-64-68-72-76-87-81(86)75-71-67-63-59-55-51-47-41-20-18-16-14-12-10-8-6-4-2/h69,73,78-79,83-84H,3-68,70-72,74-77H2,1-2H3,(H,82,85)/b73-69+. The maximum absolute atomic E-state index is 12.5. The molecule has 0 aromatic carbocycles. The van der Waals surface area contributed by atoms with Crippen LogP contribution in [-0.4, -0.2) is 47.4 Å². The number of rotatable bonds is 77. The Hall–Kier alpha value is -1.40. The van der Waals surface area contributed by atoms with Crippen molar-refractivity contribution in [3.05, 3.63) is 12.2 Å². The highest BCUT2D eigenvalue weighted by molar-refractivity contribution is 5.76. The number of aliphatic hydroxyl groups excluding tert-OH is 2. The van der Waals surface area contributed by atoms with Crippen molar-refractivity contribution in [2.24, 2.45) is 0 Å². The summed E-state index contributed by atoms with van der Waals surface area (Å²) in [5.74, 6) is -0.0318. The number of esters is 1. The number of unbranched alkanes of at least 4 members (excludes halogenated alkanes) is 66. The SMILES string of the molecule is CCCCCCCCCCCCCCCCCCCCC/C=C/C(O)C(CO)NC(=O)CCCCCCCCCCCCCCCCCCCCCCCCCCCCCCCCCCOC(=O)CCCCCCCCCCCCCCCCCCC. The van der Waals surface area contributed by atoms with Crippen LogP contribution in [0.2, 0.25) is 0 Å². The zero-order chi connectivity index (χ0) is 62.8. The average molecular weight is 1230 g/mol. The molecule has 6 heteroatoms. The van der Waals surface area contributed by atoms with E-state index in [9.17, 15) is 19.8 Å². The molecule has 0 rings (SSSR count). The van der Waals surface area contributed by atoms with Crippen LogP contribution in [0.3, 0.4) is 0 Å². The summed E-state index contributed by atoms with van der Waals surface area (Å²) in [6, 6.07) is -0.625. The van der Waals surface area contributed by atoms with Crippen molar-refractivity contribution in [1.29, 1.82) is 0 Å². The van der Waals surface area contributed by atoms with Gasteiger partial charge in [-0.3, -0.25) is 9.59 Å². The molecule has 0 radical (unpaired) electrons. The number of nitrogens with one attached hydrogen (secondary N) is 1. The summed E-state index contributed by atoms with van der Waals surface area (Å²) in [7, 11) is 0. The van der Waals surface area contributed by atoms with Gasteiger partial charge < -0.3 is 20.3 Å². The molecule has 1 amide bonds. The van der Waals surface area contributed by atoms with Crippen molar-refractivity contribution in [1.82, 2.24) is 5.32 Å². The Morgan fingerprint density at radius 3 is 0.782 bits per heavy atom. The summed E-state index contributed by atoms with van der Waals surface area (Å²) in [6.45, 7) is 4.97. The molecule has 0 aliphatic heterocycles. The van der Waals surface area contributed by atoms with Crippen LogP contribution >= 0.6 is 0 Å². The Morgan fingerprint density at radius 2 is 0.529 bits per heavy atom. The van der Waals surface area contributed by atoms with E-state index < -0.39 is 12.1 Å². The first-order chi connectivity index (χ1) is 43.0. The molecule has 0 aliphatic carbocycles. The van der Waals surface area contributed by atoms with Crippen LogP contribution in [-0.2, 0) is 14.3 Å². The molecule has 87 heavy (non-hydrogen) atoms. The second-order valence-electron chi connectivity index (χ2n) is 28.1. The minimum absolute atomic E-state index is 0.0263. The molecule has 0 bridgehead atoms. The third-order valence-corrected chi connectivity index (χ3v) is 19.3. The Bertz CT molecular complexity index is 1320. The number of amides is 1. The molecule has 0 fully saturated rings. The van der Waals surface area contributed by atoms with Crippen LogP contribution < -0.4 is 5.32 Å². The van der Waals surface area contributed by atoms with Gasteiger partial charge in [-0.25, -0.2) is 0 Å². The first-order valence-corrected chi connectivity index (χ1v) is 40.5. The van der Waals surface area contributed by atoms with Gasteiger partial charge in [0.1, 0.15) is 0 Å². The Morgan fingerprint density at radius 1 is 0.310 bits per heavy atom. The van der Waals surface area contributed by atoms with Crippen LogP contribution in [0.25, 0.3) is 0 Å². The lowest BCUT2D eigenvalue weighted by Crippen LogP contribution is -2.45. The second kappa shape index (κ2) is 77.1. The van der Waals surface area contributed by atoms with E-state index >= 15 is 0 Å². The maximum Gasteiger partial charge on any atom is 0.305 e. The van der Waals surface area contributed by atoms with Gasteiger partial charge in [0.05, 0.1) is 25.4 Å². The fourth-order valence-corrected chi connectivity index (χ4v) is 13.2. The zero-order valence-electron chi connectivity index (χ0n) is 59.5. The smallest absolute Gasteiger partial charge is 0.305 e. The van der Waals surface area contributed by atoms with Gasteiger partial charge in [0.2, 0.25) is 5.91 Å². The van der Waals surface area contributed by atoms with E-state index in [1.54, 1.807) is 6.08 Å². The highest BCUT2D eigenvalue weighted by atomic mass is 16.5. The predicted octanol–water partition coefficient (Wildman–Crippen LogP) is 26.7. The minimum atomic E-state index is -0.842. The monoisotopic (exact) mass is 1230 g/mol. The van der Waals surface area contributed by atoms with E-state index in [2.05, 4.69) is 19.2 Å². The number of carbonyl (C=O) groups excluding carboxylic acids is 2. The lowest BCUT2D eigenvalue weighted by atomic mass is 10.0. The molecule has 2 atom stereocenters. The molecule has 0 saturated carbocycles. The second-order valence-corrected chi connectivity index (χ2v) is 28.1. The van der Waals surface area contributed by atoms with Gasteiger partial charge in [0, 0.05) is 12.8 Å². The summed E-state index contributed by atoms with van der Waals surface area (Å²) < 4.78 is 5.52. The van der Waals surface area contributed by atoms with Gasteiger partial charge in [-0.2, -0.15) is 0 Å². The predicted molar refractivity (Wildman–Crippen MR) is 384 cm³/mol. The third kappa shape index (κ3) is 73.5. The highest BCUT2D eigenvalue weighted by Crippen LogP contribution is 2.20. The van der Waals surface area contributed by atoms with Gasteiger partial charge in [-0.05, 0) is 32.1 Å². The van der Waals surface area contributed by atoms with E-state index in [-0.39, 0.29) is 18.5 Å².